The molecule has 0 amide bonds. The first-order valence-corrected chi connectivity index (χ1v) is 8.09. The number of rotatable bonds is 2. The molecule has 4 heteroatoms. The second-order valence-electron chi connectivity index (χ2n) is 5.11. The number of aryl methyl sites for hydroxylation is 3. The molecule has 0 N–H and O–H groups in total. The summed E-state index contributed by atoms with van der Waals surface area (Å²) >= 11 is 0. The molecule has 1 saturated heterocycles. The lowest BCUT2D eigenvalue weighted by molar-refractivity contribution is -0.106. The zero-order valence-corrected chi connectivity index (χ0v) is 11.3. The first-order chi connectivity index (χ1) is 7.73. The Hall–Kier alpha value is -0.560. The molecule has 0 bridgehead atoms. The molecule has 0 unspecified atom stereocenters. The van der Waals surface area contributed by atoms with Gasteiger partial charge in [0.25, 0.3) is 0 Å². The quantitative estimate of drug-likeness (QED) is 0.710. The van der Waals surface area contributed by atoms with Crippen molar-refractivity contribution < 1.29 is 13.2 Å². The van der Waals surface area contributed by atoms with Crippen LogP contribution in [0.3, 0.4) is 0 Å². The van der Waals surface area contributed by atoms with Crippen LogP contribution in [0.5, 0.6) is 0 Å². The van der Waals surface area contributed by atoms with Crippen molar-refractivity contribution >= 4 is 12.6 Å². The van der Waals surface area contributed by atoms with Crippen molar-refractivity contribution in [2.45, 2.75) is 26.9 Å². The summed E-state index contributed by atoms with van der Waals surface area (Å²) in [5.74, 6) is 0. The van der Waals surface area contributed by atoms with Gasteiger partial charge in [0.2, 0.25) is 0 Å². The highest BCUT2D eigenvalue weighted by molar-refractivity contribution is 7.89. The molecule has 1 fully saturated rings. The van der Waals surface area contributed by atoms with Crippen LogP contribution in [0.4, 0.5) is 13.2 Å². The Bertz CT molecular complexity index is 421. The number of hydrogen-bond donors (Lipinski definition) is 0. The van der Waals surface area contributed by atoms with Crippen LogP contribution >= 0.6 is 7.26 Å². The van der Waals surface area contributed by atoms with Gasteiger partial charge in [-0.2, -0.15) is 13.2 Å². The predicted octanol–water partition coefficient (Wildman–Crippen LogP) is 3.83. The molecule has 17 heavy (non-hydrogen) atoms. The fourth-order valence-corrected chi connectivity index (χ4v) is 7.04. The Labute approximate surface area is 101 Å². The third-order valence-corrected chi connectivity index (χ3v) is 7.50. The number of hydrogen-bond acceptors (Lipinski definition) is 0. The monoisotopic (exact) mass is 261 g/mol. The molecule has 1 aliphatic heterocycles. The van der Waals surface area contributed by atoms with Crippen molar-refractivity contribution in [1.82, 2.24) is 0 Å². The summed E-state index contributed by atoms with van der Waals surface area (Å²) < 4.78 is 37.9. The van der Waals surface area contributed by atoms with Crippen molar-refractivity contribution in [2.24, 2.45) is 0 Å². The summed E-state index contributed by atoms with van der Waals surface area (Å²) in [5.41, 5.74) is 3.24. The highest BCUT2D eigenvalue weighted by Crippen LogP contribution is 2.73. The Morgan fingerprint density at radius 2 is 1.53 bits per heavy atom. The molecule has 0 atom stereocenters. The normalized spacial score (nSPS) is 18.2. The van der Waals surface area contributed by atoms with Gasteiger partial charge in [-0.05, 0) is 31.9 Å². The van der Waals surface area contributed by atoms with E-state index in [-0.39, 0.29) is 0 Å². The largest absolute Gasteiger partial charge is 0.422 e. The summed E-state index contributed by atoms with van der Waals surface area (Å²) in [6.45, 7) is 5.89. The van der Waals surface area contributed by atoms with Crippen LogP contribution in [-0.4, -0.2) is 24.7 Å². The Morgan fingerprint density at radius 1 is 1.06 bits per heavy atom. The molecule has 1 aliphatic rings. The smallest absolute Gasteiger partial charge is 0.167 e. The fourth-order valence-electron chi connectivity index (χ4n) is 2.85. The molecule has 0 aromatic heterocycles. The molecular formula is C13H17F3P+. The summed E-state index contributed by atoms with van der Waals surface area (Å²) in [6, 6.07) is 4.03. The van der Waals surface area contributed by atoms with Crippen LogP contribution in [0.15, 0.2) is 12.1 Å². The maximum atomic E-state index is 12.6. The minimum atomic E-state index is -4.02. The topological polar surface area (TPSA) is 0 Å². The van der Waals surface area contributed by atoms with Gasteiger partial charge in [-0.15, -0.1) is 0 Å². The maximum absolute atomic E-state index is 12.6. The van der Waals surface area contributed by atoms with Gasteiger partial charge in [0, 0.05) is 0 Å². The van der Waals surface area contributed by atoms with Gasteiger partial charge < -0.3 is 0 Å². The molecule has 0 aliphatic carbocycles. The van der Waals surface area contributed by atoms with Crippen LogP contribution < -0.4 is 5.30 Å². The zero-order valence-electron chi connectivity index (χ0n) is 10.4. The highest BCUT2D eigenvalue weighted by atomic mass is 31.2. The summed E-state index contributed by atoms with van der Waals surface area (Å²) in [5, 5.41) is 1.04. The van der Waals surface area contributed by atoms with Gasteiger partial charge in [0.15, 0.2) is 6.16 Å². The van der Waals surface area contributed by atoms with E-state index < -0.39 is 19.6 Å². The van der Waals surface area contributed by atoms with Crippen molar-refractivity contribution in [3.8, 4) is 0 Å². The van der Waals surface area contributed by atoms with E-state index in [1.54, 1.807) is 0 Å². The van der Waals surface area contributed by atoms with E-state index in [2.05, 4.69) is 0 Å². The summed E-state index contributed by atoms with van der Waals surface area (Å²) in [4.78, 5) is 0. The highest BCUT2D eigenvalue weighted by Gasteiger charge is 2.61. The molecule has 1 aromatic rings. The van der Waals surface area contributed by atoms with Crippen molar-refractivity contribution in [2.75, 3.05) is 18.5 Å². The van der Waals surface area contributed by atoms with E-state index in [0.29, 0.717) is 0 Å². The fraction of sp³-hybridized carbons (Fsp3) is 0.538. The van der Waals surface area contributed by atoms with E-state index in [9.17, 15) is 13.2 Å². The van der Waals surface area contributed by atoms with Crippen molar-refractivity contribution in [3.05, 3.63) is 28.8 Å². The lowest BCUT2D eigenvalue weighted by Gasteiger charge is -2.16. The average Bonchev–Trinajstić information content (AvgIpc) is 2.79. The van der Waals surface area contributed by atoms with E-state index >= 15 is 0 Å². The second kappa shape index (κ2) is 3.98. The van der Waals surface area contributed by atoms with E-state index in [4.69, 9.17) is 0 Å². The summed E-state index contributed by atoms with van der Waals surface area (Å²) in [6.07, 6.45) is -3.03. The van der Waals surface area contributed by atoms with Crippen LogP contribution in [0.25, 0.3) is 0 Å². The standard InChI is InChI=1S/C13H17F3P/c1-9-6-10(2)12(11(3)7-9)17(4-5-17)8-13(14,15)16/h6-7H,4-5,8H2,1-3H3/q+1. The Balaban J connectivity index is 2.41. The van der Waals surface area contributed by atoms with Gasteiger partial charge in [0.05, 0.1) is 19.6 Å². The zero-order chi connectivity index (χ0) is 12.8. The van der Waals surface area contributed by atoms with Gasteiger partial charge in [-0.25, -0.2) is 0 Å². The number of halogens is 3. The maximum Gasteiger partial charge on any atom is 0.422 e. The van der Waals surface area contributed by atoms with Crippen LogP contribution in [0.1, 0.15) is 16.7 Å². The third kappa shape index (κ3) is 2.65. The van der Waals surface area contributed by atoms with Crippen molar-refractivity contribution in [1.29, 1.82) is 0 Å². The van der Waals surface area contributed by atoms with Crippen LogP contribution in [0.2, 0.25) is 0 Å². The molecule has 0 spiro atoms. The van der Waals surface area contributed by atoms with E-state index in [1.807, 2.05) is 32.9 Å². The molecule has 0 saturated carbocycles. The number of benzene rings is 1. The molecule has 0 nitrogen and oxygen atoms in total. The Morgan fingerprint density at radius 3 is 1.88 bits per heavy atom. The molecular weight excluding hydrogens is 244 g/mol. The van der Waals surface area contributed by atoms with E-state index in [1.165, 1.54) is 0 Å². The van der Waals surface area contributed by atoms with Gasteiger partial charge in [-0.1, -0.05) is 17.7 Å². The lowest BCUT2D eigenvalue weighted by Crippen LogP contribution is -2.21. The minimum Gasteiger partial charge on any atom is -0.167 e. The SMILES string of the molecule is Cc1cc(C)c([P+]2(CC(F)(F)F)CC2)c(C)c1. The number of alkyl halides is 3. The van der Waals surface area contributed by atoms with Crippen LogP contribution in [0, 0.1) is 20.8 Å². The van der Waals surface area contributed by atoms with Gasteiger partial charge in [0.1, 0.15) is 5.30 Å². The van der Waals surface area contributed by atoms with Gasteiger partial charge >= 0.3 is 6.18 Å². The average molecular weight is 261 g/mol. The second-order valence-corrected chi connectivity index (χ2v) is 9.06. The first-order valence-electron chi connectivity index (χ1n) is 5.75. The third-order valence-electron chi connectivity index (χ3n) is 3.36. The first kappa shape index (κ1) is 12.9. The van der Waals surface area contributed by atoms with Crippen LogP contribution in [-0.2, 0) is 0 Å². The lowest BCUT2D eigenvalue weighted by atomic mass is 10.1. The predicted molar refractivity (Wildman–Crippen MR) is 67.9 cm³/mol. The van der Waals surface area contributed by atoms with Gasteiger partial charge in [-0.3, -0.25) is 0 Å². The minimum absolute atomic E-state index is 0.565. The Kier molecular flexibility index (Phi) is 3.02. The summed E-state index contributed by atoms with van der Waals surface area (Å²) in [7, 11) is -1.89. The molecule has 2 rings (SSSR count). The van der Waals surface area contributed by atoms with E-state index in [0.717, 1.165) is 34.3 Å². The molecule has 1 aromatic carbocycles. The molecule has 0 radical (unpaired) electrons. The molecule has 94 valence electrons. The van der Waals surface area contributed by atoms with Crippen molar-refractivity contribution in [3.63, 3.8) is 0 Å². The molecule has 1 heterocycles.